The molecular weight excluding hydrogens is 480 g/mol. The molecule has 0 bridgehead atoms. The van der Waals surface area contributed by atoms with Gasteiger partial charge < -0.3 is 19.3 Å². The van der Waals surface area contributed by atoms with Gasteiger partial charge >= 0.3 is 0 Å². The van der Waals surface area contributed by atoms with Gasteiger partial charge in [0.2, 0.25) is 0 Å². The first kappa shape index (κ1) is 25.2. The molecule has 1 aliphatic rings. The molecule has 0 atom stereocenters. The van der Waals surface area contributed by atoms with Gasteiger partial charge in [-0.25, -0.2) is 0 Å². The number of aromatic hydroxyl groups is 1. The minimum absolute atomic E-state index is 0.0468. The quantitative estimate of drug-likeness (QED) is 0.327. The van der Waals surface area contributed by atoms with E-state index >= 15 is 0 Å². The van der Waals surface area contributed by atoms with Crippen LogP contribution in [0.25, 0.3) is 0 Å². The van der Waals surface area contributed by atoms with E-state index in [0.717, 1.165) is 0 Å². The number of hydrazine groups is 1. The van der Waals surface area contributed by atoms with Gasteiger partial charge in [-0.2, -0.15) is 0 Å². The largest absolute Gasteiger partial charge is 0.504 e. The standard InChI is InChI=1S/C27H24N2O8/c1-14(2)37-19-10-8-15(12-21(19)35-3)27(34)29-28-22(30)13-36-20-11-9-18-23(26(20)33)25(32)17-7-5-4-6-16(17)24(18)31/h4-12,14,33H,13H2,1-3H3,(H,28,30)(H,29,34). The van der Waals surface area contributed by atoms with E-state index in [2.05, 4.69) is 10.9 Å². The number of ketones is 2. The van der Waals surface area contributed by atoms with E-state index in [-0.39, 0.29) is 39.7 Å². The Balaban J connectivity index is 1.39. The Morgan fingerprint density at radius 3 is 2.22 bits per heavy atom. The van der Waals surface area contributed by atoms with Gasteiger partial charge in [0, 0.05) is 22.3 Å². The van der Waals surface area contributed by atoms with E-state index in [1.165, 1.54) is 37.4 Å². The van der Waals surface area contributed by atoms with Gasteiger partial charge in [-0.05, 0) is 44.2 Å². The third-order valence-electron chi connectivity index (χ3n) is 5.49. The summed E-state index contributed by atoms with van der Waals surface area (Å²) in [5.41, 5.74) is 4.97. The highest BCUT2D eigenvalue weighted by Crippen LogP contribution is 2.38. The topological polar surface area (TPSA) is 140 Å². The summed E-state index contributed by atoms with van der Waals surface area (Å²) in [4.78, 5) is 50.3. The van der Waals surface area contributed by atoms with Crippen LogP contribution in [0.4, 0.5) is 0 Å². The van der Waals surface area contributed by atoms with E-state index in [4.69, 9.17) is 14.2 Å². The lowest BCUT2D eigenvalue weighted by atomic mass is 9.83. The fraction of sp³-hybridized carbons (Fsp3) is 0.185. The zero-order valence-corrected chi connectivity index (χ0v) is 20.3. The van der Waals surface area contributed by atoms with Crippen LogP contribution in [0, 0.1) is 0 Å². The Hall–Kier alpha value is -4.86. The van der Waals surface area contributed by atoms with E-state index in [1.807, 2.05) is 13.8 Å². The Morgan fingerprint density at radius 1 is 0.865 bits per heavy atom. The first-order valence-electron chi connectivity index (χ1n) is 11.3. The maximum atomic E-state index is 12.9. The van der Waals surface area contributed by atoms with Crippen molar-refractivity contribution < 1.29 is 38.5 Å². The van der Waals surface area contributed by atoms with Crippen LogP contribution in [0.1, 0.15) is 56.0 Å². The molecule has 1 aliphatic carbocycles. The van der Waals surface area contributed by atoms with Crippen molar-refractivity contribution in [3.05, 3.63) is 82.4 Å². The van der Waals surface area contributed by atoms with Gasteiger partial charge in [-0.15, -0.1) is 0 Å². The molecule has 0 aromatic heterocycles. The highest BCUT2D eigenvalue weighted by molar-refractivity contribution is 6.29. The van der Waals surface area contributed by atoms with Gasteiger partial charge in [0.15, 0.2) is 41.2 Å². The SMILES string of the molecule is COc1cc(C(=O)NNC(=O)COc2ccc3c(c2O)C(=O)c2ccccc2C3=O)ccc1OC(C)C. The lowest BCUT2D eigenvalue weighted by Crippen LogP contribution is -2.43. The molecule has 3 aromatic carbocycles. The minimum atomic E-state index is -0.732. The Kier molecular flexibility index (Phi) is 7.10. The lowest BCUT2D eigenvalue weighted by Gasteiger charge is -2.19. The molecular formula is C27H24N2O8. The Bertz CT molecular complexity index is 1410. The number of benzene rings is 3. The number of phenolic OH excluding ortho intramolecular Hbond substituents is 1. The number of carbonyl (C=O) groups is 4. The van der Waals surface area contributed by atoms with Crippen LogP contribution in [0.5, 0.6) is 23.0 Å². The summed E-state index contributed by atoms with van der Waals surface area (Å²) in [7, 11) is 1.45. The van der Waals surface area contributed by atoms with E-state index in [1.54, 1.807) is 24.3 Å². The number of nitrogens with one attached hydrogen (secondary N) is 2. The molecule has 190 valence electrons. The molecule has 2 amide bonds. The summed E-state index contributed by atoms with van der Waals surface area (Å²) in [5.74, 6) is -2.14. The van der Waals surface area contributed by atoms with E-state index < -0.39 is 35.7 Å². The summed E-state index contributed by atoms with van der Waals surface area (Å²) >= 11 is 0. The predicted molar refractivity (Wildman–Crippen MR) is 131 cm³/mol. The van der Waals surface area contributed by atoms with Crippen LogP contribution < -0.4 is 25.1 Å². The van der Waals surface area contributed by atoms with Crippen molar-refractivity contribution in [3.8, 4) is 23.0 Å². The number of ether oxygens (including phenoxy) is 3. The number of rotatable bonds is 7. The zero-order valence-electron chi connectivity index (χ0n) is 20.3. The fourth-order valence-electron chi connectivity index (χ4n) is 3.80. The van der Waals surface area contributed by atoms with Crippen molar-refractivity contribution >= 4 is 23.4 Å². The number of methoxy groups -OCH3 is 1. The summed E-state index contributed by atoms with van der Waals surface area (Å²) < 4.78 is 16.2. The molecule has 0 heterocycles. The van der Waals surface area contributed by atoms with Crippen molar-refractivity contribution in [2.45, 2.75) is 20.0 Å². The second kappa shape index (κ2) is 10.4. The summed E-state index contributed by atoms with van der Waals surface area (Å²) in [6.07, 6.45) is -0.0863. The molecule has 0 unspecified atom stereocenters. The highest BCUT2D eigenvalue weighted by atomic mass is 16.5. The molecule has 0 spiro atoms. The third-order valence-corrected chi connectivity index (χ3v) is 5.49. The number of fused-ring (bicyclic) bond motifs is 2. The summed E-state index contributed by atoms with van der Waals surface area (Å²) in [5, 5.41) is 10.6. The molecule has 10 nitrogen and oxygen atoms in total. The monoisotopic (exact) mass is 504 g/mol. The Morgan fingerprint density at radius 2 is 1.54 bits per heavy atom. The van der Waals surface area contributed by atoms with Crippen LogP contribution in [-0.4, -0.2) is 48.3 Å². The summed E-state index contributed by atoms with van der Waals surface area (Å²) in [6, 6.07) is 13.5. The lowest BCUT2D eigenvalue weighted by molar-refractivity contribution is -0.123. The molecule has 0 aliphatic heterocycles. The van der Waals surface area contributed by atoms with Gasteiger partial charge in [-0.1, -0.05) is 24.3 Å². The van der Waals surface area contributed by atoms with Crippen molar-refractivity contribution in [2.24, 2.45) is 0 Å². The normalized spacial score (nSPS) is 11.9. The Labute approximate surface area is 212 Å². The number of carbonyl (C=O) groups excluding carboxylic acids is 4. The van der Waals surface area contributed by atoms with Gasteiger partial charge in [-0.3, -0.25) is 30.0 Å². The molecule has 0 radical (unpaired) electrons. The predicted octanol–water partition coefficient (Wildman–Crippen LogP) is 2.80. The van der Waals surface area contributed by atoms with Crippen molar-refractivity contribution in [3.63, 3.8) is 0 Å². The number of hydrogen-bond donors (Lipinski definition) is 3. The average molecular weight is 504 g/mol. The van der Waals surface area contributed by atoms with Gasteiger partial charge in [0.1, 0.15) is 0 Å². The molecule has 0 fully saturated rings. The van der Waals surface area contributed by atoms with Crippen molar-refractivity contribution in [1.82, 2.24) is 10.9 Å². The fourth-order valence-corrected chi connectivity index (χ4v) is 3.80. The van der Waals surface area contributed by atoms with Gasteiger partial charge in [0.05, 0.1) is 18.8 Å². The molecule has 0 saturated carbocycles. The first-order chi connectivity index (χ1) is 17.7. The number of phenols is 1. The molecule has 0 saturated heterocycles. The van der Waals surface area contributed by atoms with Gasteiger partial charge in [0.25, 0.3) is 11.8 Å². The molecule has 10 heteroatoms. The van der Waals surface area contributed by atoms with E-state index in [0.29, 0.717) is 11.5 Å². The third kappa shape index (κ3) is 5.08. The maximum Gasteiger partial charge on any atom is 0.276 e. The molecule has 4 rings (SSSR count). The molecule has 37 heavy (non-hydrogen) atoms. The smallest absolute Gasteiger partial charge is 0.276 e. The average Bonchev–Trinajstić information content (AvgIpc) is 2.89. The van der Waals surface area contributed by atoms with Crippen LogP contribution in [0.3, 0.4) is 0 Å². The zero-order chi connectivity index (χ0) is 26.7. The minimum Gasteiger partial charge on any atom is -0.504 e. The van der Waals surface area contributed by atoms with Crippen LogP contribution in [0.2, 0.25) is 0 Å². The molecule has 3 N–H and O–H groups in total. The molecule has 3 aromatic rings. The second-order valence-corrected chi connectivity index (χ2v) is 8.36. The second-order valence-electron chi connectivity index (χ2n) is 8.36. The van der Waals surface area contributed by atoms with Crippen molar-refractivity contribution in [1.29, 1.82) is 0 Å². The first-order valence-corrected chi connectivity index (χ1v) is 11.3. The van der Waals surface area contributed by atoms with Crippen LogP contribution in [-0.2, 0) is 4.79 Å². The number of hydrogen-bond acceptors (Lipinski definition) is 8. The number of amides is 2. The highest BCUT2D eigenvalue weighted by Gasteiger charge is 2.33. The van der Waals surface area contributed by atoms with Crippen LogP contribution >= 0.6 is 0 Å². The summed E-state index contributed by atoms with van der Waals surface area (Å²) in [6.45, 7) is 3.13. The maximum absolute atomic E-state index is 12.9. The van der Waals surface area contributed by atoms with Crippen LogP contribution in [0.15, 0.2) is 54.6 Å². The van der Waals surface area contributed by atoms with Crippen molar-refractivity contribution in [2.75, 3.05) is 13.7 Å². The van der Waals surface area contributed by atoms with E-state index in [9.17, 15) is 24.3 Å².